The van der Waals surface area contributed by atoms with E-state index in [9.17, 15) is 4.79 Å². The predicted molar refractivity (Wildman–Crippen MR) is 53.4 cm³/mol. The van der Waals surface area contributed by atoms with Crippen molar-refractivity contribution in [2.24, 2.45) is 0 Å². The molecule has 0 spiro atoms. The van der Waals surface area contributed by atoms with E-state index in [-0.39, 0.29) is 5.56 Å². The van der Waals surface area contributed by atoms with Crippen LogP contribution in [0.1, 0.15) is 29.4 Å². The Morgan fingerprint density at radius 2 is 2.36 bits per heavy atom. The van der Waals surface area contributed by atoms with E-state index in [1.54, 1.807) is 11.6 Å². The Morgan fingerprint density at radius 3 is 2.79 bits per heavy atom. The Labute approximate surface area is 82.9 Å². The van der Waals surface area contributed by atoms with Crippen molar-refractivity contribution in [3.63, 3.8) is 0 Å². The lowest BCUT2D eigenvalue weighted by Gasteiger charge is -2.03. The molecule has 0 bridgehead atoms. The predicted octanol–water partition coefficient (Wildman–Crippen LogP) is 1.86. The van der Waals surface area contributed by atoms with E-state index in [1.807, 2.05) is 6.92 Å². The number of hydrogen-bond donors (Lipinski definition) is 1. The van der Waals surface area contributed by atoms with Gasteiger partial charge in [-0.1, -0.05) is 5.57 Å². The highest BCUT2D eigenvalue weighted by Crippen LogP contribution is 2.08. The van der Waals surface area contributed by atoms with Gasteiger partial charge in [-0.25, -0.2) is 4.79 Å². The van der Waals surface area contributed by atoms with Gasteiger partial charge in [-0.3, -0.25) is 4.68 Å². The molecule has 1 aromatic rings. The third kappa shape index (κ3) is 2.22. The van der Waals surface area contributed by atoms with Crippen molar-refractivity contribution in [2.75, 3.05) is 0 Å². The highest BCUT2D eigenvalue weighted by atomic mass is 16.4. The number of aryl methyl sites for hydroxylation is 1. The molecule has 0 atom stereocenters. The molecule has 1 aromatic heterocycles. The normalized spacial score (nSPS) is 10.1. The molecule has 0 aliphatic heterocycles. The fraction of sp³-hybridized carbons (Fsp3) is 0.400. The van der Waals surface area contributed by atoms with Gasteiger partial charge in [0.1, 0.15) is 5.56 Å². The van der Waals surface area contributed by atoms with Crippen LogP contribution in [0.2, 0.25) is 0 Å². The topological polar surface area (TPSA) is 55.1 Å². The van der Waals surface area contributed by atoms with Crippen LogP contribution in [-0.4, -0.2) is 20.9 Å². The maximum atomic E-state index is 10.7. The van der Waals surface area contributed by atoms with Gasteiger partial charge in [0.15, 0.2) is 0 Å². The Hall–Kier alpha value is -1.58. The average Bonchev–Trinajstić information content (AvgIpc) is 2.43. The van der Waals surface area contributed by atoms with Gasteiger partial charge in [-0.15, -0.1) is 6.58 Å². The molecule has 0 aliphatic rings. The number of rotatable bonds is 4. The first kappa shape index (κ1) is 10.5. The van der Waals surface area contributed by atoms with E-state index < -0.39 is 5.97 Å². The highest BCUT2D eigenvalue weighted by Gasteiger charge is 2.11. The van der Waals surface area contributed by atoms with Crippen LogP contribution in [0.25, 0.3) is 0 Å². The molecule has 76 valence electrons. The van der Waals surface area contributed by atoms with Gasteiger partial charge < -0.3 is 5.11 Å². The minimum atomic E-state index is -0.927. The first-order chi connectivity index (χ1) is 6.52. The Morgan fingerprint density at radius 1 is 1.71 bits per heavy atom. The fourth-order valence-corrected chi connectivity index (χ4v) is 1.18. The molecule has 0 amide bonds. The summed E-state index contributed by atoms with van der Waals surface area (Å²) in [6, 6.07) is 0. The lowest BCUT2D eigenvalue weighted by atomic mass is 10.2. The van der Waals surface area contributed by atoms with Gasteiger partial charge in [-0.2, -0.15) is 5.10 Å². The van der Waals surface area contributed by atoms with Crippen molar-refractivity contribution in [1.82, 2.24) is 9.78 Å². The van der Waals surface area contributed by atoms with Crippen molar-refractivity contribution in [1.29, 1.82) is 0 Å². The van der Waals surface area contributed by atoms with E-state index in [1.165, 1.54) is 6.20 Å². The molecule has 0 saturated heterocycles. The van der Waals surface area contributed by atoms with Crippen LogP contribution >= 0.6 is 0 Å². The van der Waals surface area contributed by atoms with Gasteiger partial charge in [0, 0.05) is 12.2 Å². The Balaban J connectivity index is 2.79. The third-order valence-electron chi connectivity index (χ3n) is 2.08. The van der Waals surface area contributed by atoms with Gasteiger partial charge >= 0.3 is 5.97 Å². The van der Waals surface area contributed by atoms with Gasteiger partial charge in [-0.05, 0) is 20.3 Å². The van der Waals surface area contributed by atoms with Gasteiger partial charge in [0.25, 0.3) is 0 Å². The number of hydrogen-bond acceptors (Lipinski definition) is 2. The second-order valence-corrected chi connectivity index (χ2v) is 3.38. The highest BCUT2D eigenvalue weighted by molar-refractivity contribution is 5.88. The zero-order valence-electron chi connectivity index (χ0n) is 8.45. The molecule has 0 fully saturated rings. The molecule has 1 heterocycles. The molecule has 0 aliphatic carbocycles. The van der Waals surface area contributed by atoms with Crippen LogP contribution < -0.4 is 0 Å². The van der Waals surface area contributed by atoms with E-state index in [2.05, 4.69) is 11.7 Å². The zero-order chi connectivity index (χ0) is 10.7. The Bertz CT molecular complexity index is 366. The SMILES string of the molecule is C=C(C)CCn1ncc(C(=O)O)c1C. The van der Waals surface area contributed by atoms with Gasteiger partial charge in [0.05, 0.1) is 6.20 Å². The molecule has 14 heavy (non-hydrogen) atoms. The molecule has 0 saturated carbocycles. The summed E-state index contributed by atoms with van der Waals surface area (Å²) in [6.07, 6.45) is 2.21. The zero-order valence-corrected chi connectivity index (χ0v) is 8.45. The van der Waals surface area contributed by atoms with Crippen LogP contribution in [-0.2, 0) is 6.54 Å². The van der Waals surface area contributed by atoms with Gasteiger partial charge in [0.2, 0.25) is 0 Å². The molecule has 4 nitrogen and oxygen atoms in total. The van der Waals surface area contributed by atoms with Crippen LogP contribution in [0.4, 0.5) is 0 Å². The summed E-state index contributed by atoms with van der Waals surface area (Å²) in [7, 11) is 0. The molecule has 4 heteroatoms. The molecular formula is C10H14N2O2. The van der Waals surface area contributed by atoms with Crippen molar-refractivity contribution < 1.29 is 9.90 Å². The molecule has 0 radical (unpaired) electrons. The summed E-state index contributed by atoms with van der Waals surface area (Å²) in [4.78, 5) is 10.7. The summed E-state index contributed by atoms with van der Waals surface area (Å²) in [5.74, 6) is -0.927. The first-order valence-electron chi connectivity index (χ1n) is 4.42. The fourth-order valence-electron chi connectivity index (χ4n) is 1.18. The molecule has 1 rings (SSSR count). The van der Waals surface area contributed by atoms with Crippen molar-refractivity contribution in [3.05, 3.63) is 29.6 Å². The summed E-state index contributed by atoms with van der Waals surface area (Å²) >= 11 is 0. The summed E-state index contributed by atoms with van der Waals surface area (Å²) in [6.45, 7) is 8.17. The Kier molecular flexibility index (Phi) is 3.06. The second-order valence-electron chi connectivity index (χ2n) is 3.38. The van der Waals surface area contributed by atoms with E-state index in [4.69, 9.17) is 5.11 Å². The standard InChI is InChI=1S/C10H14N2O2/c1-7(2)4-5-12-8(3)9(6-11-12)10(13)14/h6H,1,4-5H2,2-3H3,(H,13,14). The van der Waals surface area contributed by atoms with Crippen LogP contribution in [0, 0.1) is 6.92 Å². The number of carboxylic acid groups (broad SMARTS) is 1. The lowest BCUT2D eigenvalue weighted by molar-refractivity contribution is 0.0696. The van der Waals surface area contributed by atoms with Crippen molar-refractivity contribution >= 4 is 5.97 Å². The smallest absolute Gasteiger partial charge is 0.339 e. The number of carbonyl (C=O) groups is 1. The number of carboxylic acids is 1. The minimum absolute atomic E-state index is 0.270. The average molecular weight is 194 g/mol. The van der Waals surface area contributed by atoms with E-state index >= 15 is 0 Å². The summed E-state index contributed by atoms with van der Waals surface area (Å²) in [5, 5.41) is 12.8. The molecule has 1 N–H and O–H groups in total. The maximum Gasteiger partial charge on any atom is 0.339 e. The van der Waals surface area contributed by atoms with Crippen molar-refractivity contribution in [2.45, 2.75) is 26.8 Å². The molecule has 0 aromatic carbocycles. The van der Waals surface area contributed by atoms with Crippen LogP contribution in [0.3, 0.4) is 0 Å². The van der Waals surface area contributed by atoms with E-state index in [0.717, 1.165) is 12.0 Å². The first-order valence-corrected chi connectivity index (χ1v) is 4.42. The second kappa shape index (κ2) is 4.09. The third-order valence-corrected chi connectivity index (χ3v) is 2.08. The molecular weight excluding hydrogens is 180 g/mol. The van der Waals surface area contributed by atoms with Crippen molar-refractivity contribution in [3.8, 4) is 0 Å². The maximum absolute atomic E-state index is 10.7. The minimum Gasteiger partial charge on any atom is -0.478 e. The number of nitrogens with zero attached hydrogens (tertiary/aromatic N) is 2. The monoisotopic (exact) mass is 194 g/mol. The number of allylic oxidation sites excluding steroid dienone is 1. The quantitative estimate of drug-likeness (QED) is 0.744. The number of aromatic carboxylic acids is 1. The van der Waals surface area contributed by atoms with Crippen LogP contribution in [0.5, 0.6) is 0 Å². The largest absolute Gasteiger partial charge is 0.478 e. The number of aromatic nitrogens is 2. The molecule has 0 unspecified atom stereocenters. The lowest BCUT2D eigenvalue weighted by Crippen LogP contribution is -2.05. The summed E-state index contributed by atoms with van der Waals surface area (Å²) < 4.78 is 1.69. The summed E-state index contributed by atoms with van der Waals surface area (Å²) in [5.41, 5.74) is 2.03. The van der Waals surface area contributed by atoms with Crippen LogP contribution in [0.15, 0.2) is 18.3 Å². The van der Waals surface area contributed by atoms with E-state index in [0.29, 0.717) is 12.2 Å².